The van der Waals surface area contributed by atoms with Crippen molar-refractivity contribution in [2.24, 2.45) is 0 Å². The van der Waals surface area contributed by atoms with E-state index in [1.165, 1.54) is 0 Å². The lowest BCUT2D eigenvalue weighted by Gasteiger charge is -1.90. The maximum atomic E-state index is 5.33. The third-order valence-electron chi connectivity index (χ3n) is 2.00. The molecule has 2 aromatic rings. The van der Waals surface area contributed by atoms with Crippen LogP contribution in [0.1, 0.15) is 11.5 Å². The van der Waals surface area contributed by atoms with E-state index in [4.69, 9.17) is 8.83 Å². The molecule has 4 heteroatoms. The molecule has 0 spiro atoms. The van der Waals surface area contributed by atoms with Crippen molar-refractivity contribution in [3.63, 3.8) is 0 Å². The van der Waals surface area contributed by atoms with Gasteiger partial charge in [0.1, 0.15) is 12.0 Å². The van der Waals surface area contributed by atoms with E-state index in [0.29, 0.717) is 12.4 Å². The highest BCUT2D eigenvalue weighted by Gasteiger charge is 2.10. The predicted octanol–water partition coefficient (Wildman–Crippen LogP) is 1.96. The first kappa shape index (κ1) is 9.02. The average molecular weight is 192 g/mol. The Bertz CT molecular complexity index is 417. The molecule has 0 radical (unpaired) electrons. The van der Waals surface area contributed by atoms with E-state index in [1.807, 2.05) is 20.0 Å². The van der Waals surface area contributed by atoms with Crippen LogP contribution in [0.15, 0.2) is 27.4 Å². The highest BCUT2D eigenvalue weighted by Crippen LogP contribution is 2.23. The molecule has 2 aromatic heterocycles. The van der Waals surface area contributed by atoms with Gasteiger partial charge in [0.15, 0.2) is 0 Å². The molecule has 0 saturated heterocycles. The van der Waals surface area contributed by atoms with Gasteiger partial charge in [-0.15, -0.1) is 0 Å². The van der Waals surface area contributed by atoms with Crippen LogP contribution < -0.4 is 5.32 Å². The molecule has 0 aliphatic rings. The van der Waals surface area contributed by atoms with E-state index in [-0.39, 0.29) is 0 Å². The SMILES string of the molecule is CNCc1coc(-c2ccoc2C)n1. The molecule has 0 saturated carbocycles. The van der Waals surface area contributed by atoms with Crippen LogP contribution in [0.2, 0.25) is 0 Å². The number of aryl methyl sites for hydroxylation is 1. The number of oxazole rings is 1. The minimum Gasteiger partial charge on any atom is -0.469 e. The van der Waals surface area contributed by atoms with E-state index in [0.717, 1.165) is 17.0 Å². The largest absolute Gasteiger partial charge is 0.469 e. The van der Waals surface area contributed by atoms with Gasteiger partial charge < -0.3 is 14.2 Å². The summed E-state index contributed by atoms with van der Waals surface area (Å²) < 4.78 is 10.5. The van der Waals surface area contributed by atoms with E-state index in [9.17, 15) is 0 Å². The molecule has 0 unspecified atom stereocenters. The summed E-state index contributed by atoms with van der Waals surface area (Å²) in [6.45, 7) is 2.59. The van der Waals surface area contributed by atoms with Crippen LogP contribution in [0.5, 0.6) is 0 Å². The zero-order valence-corrected chi connectivity index (χ0v) is 8.20. The summed E-state index contributed by atoms with van der Waals surface area (Å²) in [5, 5.41) is 3.01. The molecule has 0 aliphatic carbocycles. The van der Waals surface area contributed by atoms with Crippen molar-refractivity contribution in [1.29, 1.82) is 0 Å². The van der Waals surface area contributed by atoms with Gasteiger partial charge in [-0.2, -0.15) is 0 Å². The Hall–Kier alpha value is -1.55. The second-order valence-electron chi connectivity index (χ2n) is 3.06. The van der Waals surface area contributed by atoms with Crippen molar-refractivity contribution < 1.29 is 8.83 Å². The van der Waals surface area contributed by atoms with Gasteiger partial charge in [-0.3, -0.25) is 0 Å². The van der Waals surface area contributed by atoms with Crippen LogP contribution in [-0.4, -0.2) is 12.0 Å². The fraction of sp³-hybridized carbons (Fsp3) is 0.300. The zero-order valence-electron chi connectivity index (χ0n) is 8.20. The lowest BCUT2D eigenvalue weighted by atomic mass is 10.2. The summed E-state index contributed by atoms with van der Waals surface area (Å²) in [5.74, 6) is 1.43. The molecule has 0 atom stereocenters. The van der Waals surface area contributed by atoms with E-state index in [2.05, 4.69) is 10.3 Å². The van der Waals surface area contributed by atoms with Gasteiger partial charge in [0, 0.05) is 6.54 Å². The van der Waals surface area contributed by atoms with Gasteiger partial charge in [0.05, 0.1) is 17.5 Å². The van der Waals surface area contributed by atoms with E-state index < -0.39 is 0 Å². The Morgan fingerprint density at radius 1 is 1.43 bits per heavy atom. The number of hydrogen-bond acceptors (Lipinski definition) is 4. The molecule has 0 aliphatic heterocycles. The Morgan fingerprint density at radius 2 is 2.29 bits per heavy atom. The van der Waals surface area contributed by atoms with E-state index >= 15 is 0 Å². The molecule has 2 rings (SSSR count). The maximum absolute atomic E-state index is 5.33. The Kier molecular flexibility index (Phi) is 2.37. The van der Waals surface area contributed by atoms with Crippen LogP contribution in [0.4, 0.5) is 0 Å². The van der Waals surface area contributed by atoms with Gasteiger partial charge in [-0.05, 0) is 20.0 Å². The second-order valence-corrected chi connectivity index (χ2v) is 3.06. The van der Waals surface area contributed by atoms with Crippen LogP contribution in [0, 0.1) is 6.92 Å². The van der Waals surface area contributed by atoms with Gasteiger partial charge in [0.25, 0.3) is 0 Å². The first-order chi connectivity index (χ1) is 6.81. The van der Waals surface area contributed by atoms with Crippen LogP contribution >= 0.6 is 0 Å². The highest BCUT2D eigenvalue weighted by atomic mass is 16.4. The average Bonchev–Trinajstić information content (AvgIpc) is 2.74. The fourth-order valence-electron chi connectivity index (χ4n) is 1.30. The molecule has 1 N–H and O–H groups in total. The summed E-state index contributed by atoms with van der Waals surface area (Å²) in [6, 6.07) is 1.85. The number of furan rings is 1. The molecule has 0 fully saturated rings. The molecule has 0 aromatic carbocycles. The standard InChI is InChI=1S/C10H12N2O2/c1-7-9(3-4-13-7)10-12-8(5-11-2)6-14-10/h3-4,6,11H,5H2,1-2H3. The quantitative estimate of drug-likeness (QED) is 0.807. The topological polar surface area (TPSA) is 51.2 Å². The lowest BCUT2D eigenvalue weighted by Crippen LogP contribution is -2.04. The minimum atomic E-state index is 0.612. The van der Waals surface area contributed by atoms with Gasteiger partial charge in [-0.25, -0.2) is 4.98 Å². The van der Waals surface area contributed by atoms with Crippen molar-refractivity contribution in [1.82, 2.24) is 10.3 Å². The highest BCUT2D eigenvalue weighted by molar-refractivity contribution is 5.55. The summed E-state index contributed by atoms with van der Waals surface area (Å²) in [7, 11) is 1.87. The summed E-state index contributed by atoms with van der Waals surface area (Å²) in [5.41, 5.74) is 1.80. The minimum absolute atomic E-state index is 0.612. The number of nitrogens with zero attached hydrogens (tertiary/aromatic N) is 1. The predicted molar refractivity (Wildman–Crippen MR) is 51.7 cm³/mol. The fourth-order valence-corrected chi connectivity index (χ4v) is 1.30. The monoisotopic (exact) mass is 192 g/mol. The smallest absolute Gasteiger partial charge is 0.229 e. The third kappa shape index (κ3) is 1.56. The summed E-state index contributed by atoms with van der Waals surface area (Å²) in [4.78, 5) is 4.31. The molecule has 2 heterocycles. The van der Waals surface area contributed by atoms with Crippen molar-refractivity contribution in [2.45, 2.75) is 13.5 Å². The number of aromatic nitrogens is 1. The van der Waals surface area contributed by atoms with Crippen LogP contribution in [0.25, 0.3) is 11.5 Å². The first-order valence-electron chi connectivity index (χ1n) is 4.44. The molecule has 14 heavy (non-hydrogen) atoms. The first-order valence-corrected chi connectivity index (χ1v) is 4.44. The van der Waals surface area contributed by atoms with Crippen molar-refractivity contribution in [3.05, 3.63) is 30.0 Å². The number of hydrogen-bond donors (Lipinski definition) is 1. The summed E-state index contributed by atoms with van der Waals surface area (Å²) >= 11 is 0. The van der Waals surface area contributed by atoms with Gasteiger partial charge in [0.2, 0.25) is 5.89 Å². The summed E-state index contributed by atoms with van der Waals surface area (Å²) in [6.07, 6.45) is 3.28. The van der Waals surface area contributed by atoms with E-state index in [1.54, 1.807) is 12.5 Å². The molecule has 4 nitrogen and oxygen atoms in total. The molecule has 74 valence electrons. The molecular formula is C10H12N2O2. The van der Waals surface area contributed by atoms with Crippen molar-refractivity contribution >= 4 is 0 Å². The van der Waals surface area contributed by atoms with Gasteiger partial charge in [-0.1, -0.05) is 0 Å². The van der Waals surface area contributed by atoms with Crippen LogP contribution in [0.3, 0.4) is 0 Å². The van der Waals surface area contributed by atoms with Crippen molar-refractivity contribution in [3.8, 4) is 11.5 Å². The Morgan fingerprint density at radius 3 is 2.93 bits per heavy atom. The Labute approximate surface area is 81.9 Å². The molecule has 0 amide bonds. The normalized spacial score (nSPS) is 10.7. The maximum Gasteiger partial charge on any atom is 0.229 e. The second kappa shape index (κ2) is 3.67. The number of nitrogens with one attached hydrogen (secondary N) is 1. The Balaban J connectivity index is 2.29. The molecule has 0 bridgehead atoms. The third-order valence-corrected chi connectivity index (χ3v) is 2.00. The van der Waals surface area contributed by atoms with Crippen molar-refractivity contribution in [2.75, 3.05) is 7.05 Å². The lowest BCUT2D eigenvalue weighted by molar-refractivity contribution is 0.529. The number of rotatable bonds is 3. The van der Waals surface area contributed by atoms with Crippen LogP contribution in [-0.2, 0) is 6.54 Å². The van der Waals surface area contributed by atoms with Gasteiger partial charge >= 0.3 is 0 Å². The molecular weight excluding hydrogens is 180 g/mol. The zero-order chi connectivity index (χ0) is 9.97.